The molecule has 0 saturated carbocycles. The lowest BCUT2D eigenvalue weighted by molar-refractivity contribution is -0.124. The van der Waals surface area contributed by atoms with Crippen LogP contribution in [0.2, 0.25) is 5.02 Å². The van der Waals surface area contributed by atoms with Crippen LogP contribution in [0.1, 0.15) is 17.5 Å². The normalized spacial score (nSPS) is 15.9. The Morgan fingerprint density at radius 1 is 1.09 bits per heavy atom. The number of urea groups is 1. The molecule has 0 radical (unpaired) electrons. The Hall–Kier alpha value is -3.71. The fraction of sp³-hybridized carbons (Fsp3) is 0.167. The van der Waals surface area contributed by atoms with Crippen molar-refractivity contribution < 1.29 is 14.4 Å². The summed E-state index contributed by atoms with van der Waals surface area (Å²) in [6.07, 6.45) is 3.10. The molecule has 7 nitrogen and oxygen atoms in total. The maximum atomic E-state index is 13.3. The molecular weight excluding hydrogens is 428 g/mol. The second-order valence-corrected chi connectivity index (χ2v) is 8.00. The molecule has 8 heteroatoms. The highest BCUT2D eigenvalue weighted by atomic mass is 35.5. The lowest BCUT2D eigenvalue weighted by Gasteiger charge is -2.21. The first-order valence-electron chi connectivity index (χ1n) is 10.1. The summed E-state index contributed by atoms with van der Waals surface area (Å²) in [5, 5.41) is 3.31. The van der Waals surface area contributed by atoms with Crippen LogP contribution in [0.3, 0.4) is 0 Å². The molecule has 0 bridgehead atoms. The summed E-state index contributed by atoms with van der Waals surface area (Å²) in [5.74, 6) is -0.809. The van der Waals surface area contributed by atoms with Gasteiger partial charge in [0.05, 0.1) is 12.1 Å². The summed E-state index contributed by atoms with van der Waals surface area (Å²) in [6.45, 7) is 2.05. The number of hydrogen-bond acceptors (Lipinski definition) is 4. The van der Waals surface area contributed by atoms with Crippen molar-refractivity contribution in [3.63, 3.8) is 0 Å². The van der Waals surface area contributed by atoms with E-state index in [-0.39, 0.29) is 18.9 Å². The number of benzene rings is 2. The second kappa shape index (κ2) is 9.20. The lowest BCUT2D eigenvalue weighted by Crippen LogP contribution is -2.37. The standard InChI is InChI=1S/C24H21ClN4O3/c1-16-4-2-6-20(12-16)29-23(31)21(13-22(30)27-19-9-7-18(25)8-10-19)28(24(29)32)15-17-5-3-11-26-14-17/h2-12,14,21H,13,15H2,1H3,(H,27,30)/t21-/m1/s1. The number of carbonyl (C=O) groups is 3. The number of amides is 4. The molecule has 4 rings (SSSR count). The highest BCUT2D eigenvalue weighted by molar-refractivity contribution is 6.30. The number of anilines is 2. The molecule has 1 atom stereocenters. The van der Waals surface area contributed by atoms with E-state index in [9.17, 15) is 14.4 Å². The number of nitrogens with one attached hydrogen (secondary N) is 1. The first-order valence-corrected chi connectivity index (χ1v) is 10.5. The van der Waals surface area contributed by atoms with E-state index in [1.165, 1.54) is 4.90 Å². The topological polar surface area (TPSA) is 82.6 Å². The third kappa shape index (κ3) is 4.63. The minimum Gasteiger partial charge on any atom is -0.326 e. The zero-order chi connectivity index (χ0) is 22.7. The van der Waals surface area contributed by atoms with Gasteiger partial charge in [-0.05, 0) is 60.5 Å². The largest absolute Gasteiger partial charge is 0.332 e. The molecule has 0 unspecified atom stereocenters. The van der Waals surface area contributed by atoms with Crippen molar-refractivity contribution in [2.75, 3.05) is 10.2 Å². The van der Waals surface area contributed by atoms with Crippen LogP contribution in [0.4, 0.5) is 16.2 Å². The number of pyridine rings is 1. The molecule has 162 valence electrons. The molecule has 2 heterocycles. The highest BCUT2D eigenvalue weighted by Crippen LogP contribution is 2.29. The van der Waals surface area contributed by atoms with Crippen LogP contribution in [0.5, 0.6) is 0 Å². The van der Waals surface area contributed by atoms with Crippen LogP contribution in [-0.2, 0) is 16.1 Å². The van der Waals surface area contributed by atoms with Gasteiger partial charge in [0.15, 0.2) is 0 Å². The predicted molar refractivity (Wildman–Crippen MR) is 122 cm³/mol. The van der Waals surface area contributed by atoms with Crippen molar-refractivity contribution in [2.24, 2.45) is 0 Å². The number of aryl methyl sites for hydroxylation is 1. The Bertz CT molecular complexity index is 1150. The van der Waals surface area contributed by atoms with Gasteiger partial charge in [-0.25, -0.2) is 9.69 Å². The van der Waals surface area contributed by atoms with E-state index in [0.717, 1.165) is 16.0 Å². The summed E-state index contributed by atoms with van der Waals surface area (Å²) >= 11 is 5.89. The molecule has 1 aliphatic rings. The van der Waals surface area contributed by atoms with Crippen LogP contribution in [0, 0.1) is 6.92 Å². The molecule has 1 aliphatic heterocycles. The summed E-state index contributed by atoms with van der Waals surface area (Å²) in [4.78, 5) is 46.0. The Labute approximate surface area is 190 Å². The number of halogens is 1. The lowest BCUT2D eigenvalue weighted by atomic mass is 10.1. The van der Waals surface area contributed by atoms with Gasteiger partial charge < -0.3 is 10.2 Å². The van der Waals surface area contributed by atoms with Gasteiger partial charge in [0.2, 0.25) is 5.91 Å². The maximum absolute atomic E-state index is 13.3. The average molecular weight is 449 g/mol. The summed E-state index contributed by atoms with van der Waals surface area (Å²) in [7, 11) is 0. The monoisotopic (exact) mass is 448 g/mol. The van der Waals surface area contributed by atoms with Crippen molar-refractivity contribution in [3.8, 4) is 0 Å². The minimum atomic E-state index is -0.935. The van der Waals surface area contributed by atoms with Gasteiger partial charge in [-0.15, -0.1) is 0 Å². The van der Waals surface area contributed by atoms with Crippen molar-refractivity contribution in [1.29, 1.82) is 0 Å². The van der Waals surface area contributed by atoms with Gasteiger partial charge in [-0.3, -0.25) is 14.6 Å². The Morgan fingerprint density at radius 2 is 1.88 bits per heavy atom. The molecule has 1 fully saturated rings. The maximum Gasteiger partial charge on any atom is 0.332 e. The first kappa shape index (κ1) is 21.5. The van der Waals surface area contributed by atoms with Crippen molar-refractivity contribution in [3.05, 3.63) is 89.2 Å². The smallest absolute Gasteiger partial charge is 0.326 e. The third-order valence-electron chi connectivity index (χ3n) is 5.16. The molecule has 3 aromatic rings. The third-order valence-corrected chi connectivity index (χ3v) is 5.41. The number of carbonyl (C=O) groups excluding carboxylic acids is 3. The van der Waals surface area contributed by atoms with E-state index < -0.39 is 18.0 Å². The van der Waals surface area contributed by atoms with E-state index in [4.69, 9.17) is 11.6 Å². The number of aromatic nitrogens is 1. The molecular formula is C24H21ClN4O3. The summed E-state index contributed by atoms with van der Waals surface area (Å²) < 4.78 is 0. The molecule has 0 spiro atoms. The van der Waals surface area contributed by atoms with E-state index in [1.807, 2.05) is 19.1 Å². The molecule has 32 heavy (non-hydrogen) atoms. The van der Waals surface area contributed by atoms with Crippen LogP contribution < -0.4 is 10.2 Å². The van der Waals surface area contributed by atoms with Crippen molar-refractivity contribution in [2.45, 2.75) is 25.9 Å². The van der Waals surface area contributed by atoms with Crippen LogP contribution >= 0.6 is 11.6 Å². The van der Waals surface area contributed by atoms with E-state index >= 15 is 0 Å². The van der Waals surface area contributed by atoms with Crippen LogP contribution in [0.15, 0.2) is 73.1 Å². The zero-order valence-corrected chi connectivity index (χ0v) is 18.1. The Morgan fingerprint density at radius 3 is 2.56 bits per heavy atom. The van der Waals surface area contributed by atoms with E-state index in [2.05, 4.69) is 10.3 Å². The van der Waals surface area contributed by atoms with E-state index in [1.54, 1.807) is 60.9 Å². The van der Waals surface area contributed by atoms with Crippen molar-refractivity contribution >= 4 is 40.8 Å². The zero-order valence-electron chi connectivity index (χ0n) is 17.4. The number of rotatable bonds is 6. The first-order chi connectivity index (χ1) is 15.4. The summed E-state index contributed by atoms with van der Waals surface area (Å²) in [6, 6.07) is 16.0. The molecule has 1 saturated heterocycles. The van der Waals surface area contributed by atoms with Gasteiger partial charge in [0.25, 0.3) is 5.91 Å². The molecule has 2 aromatic carbocycles. The van der Waals surface area contributed by atoms with Crippen LogP contribution in [0.25, 0.3) is 0 Å². The van der Waals surface area contributed by atoms with Crippen molar-refractivity contribution in [1.82, 2.24) is 9.88 Å². The second-order valence-electron chi connectivity index (χ2n) is 7.56. The highest BCUT2D eigenvalue weighted by Gasteiger charge is 2.46. The van der Waals surface area contributed by atoms with Gasteiger partial charge in [0, 0.05) is 29.6 Å². The fourth-order valence-corrected chi connectivity index (χ4v) is 3.75. The van der Waals surface area contributed by atoms with Crippen LogP contribution in [-0.4, -0.2) is 33.8 Å². The summed E-state index contributed by atoms with van der Waals surface area (Å²) in [5.41, 5.74) is 2.73. The van der Waals surface area contributed by atoms with Gasteiger partial charge in [-0.2, -0.15) is 0 Å². The number of imide groups is 1. The average Bonchev–Trinajstić information content (AvgIpc) is 3.00. The number of hydrogen-bond donors (Lipinski definition) is 1. The van der Waals surface area contributed by atoms with Gasteiger partial charge in [0.1, 0.15) is 6.04 Å². The van der Waals surface area contributed by atoms with Gasteiger partial charge >= 0.3 is 6.03 Å². The molecule has 1 N–H and O–H groups in total. The Balaban J connectivity index is 1.60. The fourth-order valence-electron chi connectivity index (χ4n) is 3.63. The van der Waals surface area contributed by atoms with E-state index in [0.29, 0.717) is 16.4 Å². The molecule has 4 amide bonds. The Kier molecular flexibility index (Phi) is 6.18. The SMILES string of the molecule is Cc1cccc(N2C(=O)[C@@H](CC(=O)Nc3ccc(Cl)cc3)N(Cc3cccnc3)C2=O)c1. The predicted octanol–water partition coefficient (Wildman–Crippen LogP) is 4.41. The number of nitrogens with zero attached hydrogens (tertiary/aromatic N) is 3. The minimum absolute atomic E-state index is 0.166. The quantitative estimate of drug-likeness (QED) is 0.566. The molecule has 0 aliphatic carbocycles. The molecule has 1 aromatic heterocycles. The van der Waals surface area contributed by atoms with Gasteiger partial charge in [-0.1, -0.05) is 29.8 Å².